The van der Waals surface area contributed by atoms with Crippen molar-refractivity contribution in [1.82, 2.24) is 20.5 Å². The summed E-state index contributed by atoms with van der Waals surface area (Å²) in [5, 5.41) is 7.93. The van der Waals surface area contributed by atoms with E-state index < -0.39 is 0 Å². The van der Waals surface area contributed by atoms with Gasteiger partial charge in [0.15, 0.2) is 5.96 Å². The minimum absolute atomic E-state index is 0.254. The third-order valence-electron chi connectivity index (χ3n) is 4.93. The fourth-order valence-corrected chi connectivity index (χ4v) is 4.30. The molecule has 1 aromatic heterocycles. The standard InChI is InChI=1S/C21H31N5OS/c1-4-22-21(25-15-20-23-13-16(2)28-20)24-14-18(26-11-7-8-12-26)17-9-5-6-10-19(17)27-3/h5-6,9-10,13,18H,4,7-8,11-12,14-15H2,1-3H3,(H2,22,24,25). The Labute approximate surface area is 172 Å². The monoisotopic (exact) mass is 401 g/mol. The zero-order chi connectivity index (χ0) is 19.8. The van der Waals surface area contributed by atoms with E-state index in [1.54, 1.807) is 18.4 Å². The van der Waals surface area contributed by atoms with Crippen LogP contribution < -0.4 is 15.4 Å². The Balaban J connectivity index is 1.73. The molecule has 1 unspecified atom stereocenters. The van der Waals surface area contributed by atoms with Crippen molar-refractivity contribution in [2.75, 3.05) is 33.3 Å². The molecule has 0 aliphatic carbocycles. The Kier molecular flexibility index (Phi) is 7.68. The largest absolute Gasteiger partial charge is 0.496 e. The zero-order valence-corrected chi connectivity index (χ0v) is 17.9. The normalized spacial score (nSPS) is 16.2. The van der Waals surface area contributed by atoms with Gasteiger partial charge in [-0.05, 0) is 45.8 Å². The summed E-state index contributed by atoms with van der Waals surface area (Å²) in [5.41, 5.74) is 1.23. The molecule has 0 bridgehead atoms. The molecule has 28 heavy (non-hydrogen) atoms. The van der Waals surface area contributed by atoms with Crippen LogP contribution in [0.1, 0.15) is 41.3 Å². The van der Waals surface area contributed by atoms with Crippen molar-refractivity contribution in [3.05, 3.63) is 45.9 Å². The Morgan fingerprint density at radius 1 is 1.29 bits per heavy atom. The smallest absolute Gasteiger partial charge is 0.191 e. The number of methoxy groups -OCH3 is 1. The van der Waals surface area contributed by atoms with Crippen LogP contribution in [0.2, 0.25) is 0 Å². The first kappa shape index (κ1) is 20.6. The van der Waals surface area contributed by atoms with Crippen LogP contribution in [0.4, 0.5) is 0 Å². The van der Waals surface area contributed by atoms with E-state index in [2.05, 4.69) is 46.5 Å². The summed E-state index contributed by atoms with van der Waals surface area (Å²) in [4.78, 5) is 12.9. The van der Waals surface area contributed by atoms with E-state index in [0.29, 0.717) is 6.54 Å². The van der Waals surface area contributed by atoms with Crippen LogP contribution in [0.15, 0.2) is 35.5 Å². The van der Waals surface area contributed by atoms with Crippen LogP contribution in [-0.4, -0.2) is 49.1 Å². The van der Waals surface area contributed by atoms with Gasteiger partial charge >= 0.3 is 0 Å². The van der Waals surface area contributed by atoms with Crippen molar-refractivity contribution in [1.29, 1.82) is 0 Å². The summed E-state index contributed by atoms with van der Waals surface area (Å²) >= 11 is 1.70. The molecule has 7 heteroatoms. The SMILES string of the molecule is CCNC(=NCc1ncc(C)s1)NCC(c1ccccc1OC)N1CCCC1. The van der Waals surface area contributed by atoms with Crippen molar-refractivity contribution in [3.63, 3.8) is 0 Å². The second-order valence-electron chi connectivity index (χ2n) is 6.94. The topological polar surface area (TPSA) is 61.8 Å². The molecular formula is C21H31N5OS. The van der Waals surface area contributed by atoms with Gasteiger partial charge in [0.2, 0.25) is 0 Å². The highest BCUT2D eigenvalue weighted by Gasteiger charge is 2.26. The van der Waals surface area contributed by atoms with E-state index in [4.69, 9.17) is 9.73 Å². The number of nitrogens with one attached hydrogen (secondary N) is 2. The van der Waals surface area contributed by atoms with Crippen LogP contribution in [0.25, 0.3) is 0 Å². The number of rotatable bonds is 8. The minimum Gasteiger partial charge on any atom is -0.496 e. The highest BCUT2D eigenvalue weighted by molar-refractivity contribution is 7.11. The van der Waals surface area contributed by atoms with Gasteiger partial charge in [0.25, 0.3) is 0 Å². The number of benzene rings is 1. The molecule has 152 valence electrons. The Morgan fingerprint density at radius 2 is 2.07 bits per heavy atom. The fourth-order valence-electron chi connectivity index (χ4n) is 3.59. The van der Waals surface area contributed by atoms with Crippen LogP contribution in [0.5, 0.6) is 5.75 Å². The van der Waals surface area contributed by atoms with Gasteiger partial charge in [-0.25, -0.2) is 9.98 Å². The first-order valence-corrected chi connectivity index (χ1v) is 10.8. The number of aromatic nitrogens is 1. The van der Waals surface area contributed by atoms with E-state index in [-0.39, 0.29) is 6.04 Å². The average Bonchev–Trinajstić information content (AvgIpc) is 3.38. The van der Waals surface area contributed by atoms with E-state index in [0.717, 1.165) is 42.9 Å². The van der Waals surface area contributed by atoms with Crippen molar-refractivity contribution in [3.8, 4) is 5.75 Å². The van der Waals surface area contributed by atoms with Crippen molar-refractivity contribution >= 4 is 17.3 Å². The predicted molar refractivity (Wildman–Crippen MR) is 116 cm³/mol. The van der Waals surface area contributed by atoms with Gasteiger partial charge < -0.3 is 15.4 Å². The van der Waals surface area contributed by atoms with Gasteiger partial charge in [0, 0.05) is 29.7 Å². The number of hydrogen-bond acceptors (Lipinski definition) is 5. The quantitative estimate of drug-likeness (QED) is 0.525. The molecule has 1 aromatic carbocycles. The lowest BCUT2D eigenvalue weighted by Crippen LogP contribution is -2.42. The first-order valence-electron chi connectivity index (χ1n) is 10.0. The van der Waals surface area contributed by atoms with Crippen LogP contribution in [-0.2, 0) is 6.54 Å². The average molecular weight is 402 g/mol. The molecule has 2 aromatic rings. The number of guanidine groups is 1. The van der Waals surface area contributed by atoms with Crippen molar-refractivity contribution < 1.29 is 4.74 Å². The summed E-state index contributed by atoms with van der Waals surface area (Å²) in [7, 11) is 1.74. The molecule has 1 aliphatic heterocycles. The van der Waals surface area contributed by atoms with Crippen LogP contribution >= 0.6 is 11.3 Å². The van der Waals surface area contributed by atoms with Crippen LogP contribution in [0, 0.1) is 6.92 Å². The number of aliphatic imine (C=N–C) groups is 1. The zero-order valence-electron chi connectivity index (χ0n) is 17.1. The van der Waals surface area contributed by atoms with Gasteiger partial charge in [-0.15, -0.1) is 11.3 Å². The summed E-state index contributed by atoms with van der Waals surface area (Å²) < 4.78 is 5.64. The molecular weight excluding hydrogens is 370 g/mol. The second-order valence-corrected chi connectivity index (χ2v) is 8.26. The van der Waals surface area contributed by atoms with Crippen LogP contribution in [0.3, 0.4) is 0 Å². The number of nitrogens with zero attached hydrogens (tertiary/aromatic N) is 3. The molecule has 0 spiro atoms. The highest BCUT2D eigenvalue weighted by Crippen LogP contribution is 2.31. The van der Waals surface area contributed by atoms with Gasteiger partial charge in [0.1, 0.15) is 10.8 Å². The van der Waals surface area contributed by atoms with Gasteiger partial charge in [-0.3, -0.25) is 4.90 Å². The van der Waals surface area contributed by atoms with E-state index >= 15 is 0 Å². The lowest BCUT2D eigenvalue weighted by atomic mass is 10.0. The number of para-hydroxylation sites is 1. The number of ether oxygens (including phenoxy) is 1. The molecule has 3 rings (SSSR count). The third-order valence-corrected chi connectivity index (χ3v) is 5.83. The summed E-state index contributed by atoms with van der Waals surface area (Å²) in [6.07, 6.45) is 4.41. The second kappa shape index (κ2) is 10.4. The predicted octanol–water partition coefficient (Wildman–Crippen LogP) is 3.35. The maximum atomic E-state index is 5.64. The minimum atomic E-state index is 0.254. The number of hydrogen-bond donors (Lipinski definition) is 2. The molecule has 0 saturated carbocycles. The van der Waals surface area contributed by atoms with Crippen molar-refractivity contribution in [2.24, 2.45) is 4.99 Å². The maximum absolute atomic E-state index is 5.64. The van der Waals surface area contributed by atoms with E-state index in [1.165, 1.54) is 23.3 Å². The maximum Gasteiger partial charge on any atom is 0.191 e. The molecule has 1 aliphatic rings. The highest BCUT2D eigenvalue weighted by atomic mass is 32.1. The lowest BCUT2D eigenvalue weighted by molar-refractivity contribution is 0.239. The number of likely N-dealkylation sites (tertiary alicyclic amines) is 1. The molecule has 0 radical (unpaired) electrons. The fraction of sp³-hybridized carbons (Fsp3) is 0.524. The summed E-state index contributed by atoms with van der Waals surface area (Å²) in [6, 6.07) is 8.59. The summed E-state index contributed by atoms with van der Waals surface area (Å²) in [5.74, 6) is 1.77. The Bertz CT molecular complexity index is 770. The third kappa shape index (κ3) is 5.45. The van der Waals surface area contributed by atoms with Gasteiger partial charge in [-0.2, -0.15) is 0 Å². The molecule has 1 fully saturated rings. The Morgan fingerprint density at radius 3 is 2.75 bits per heavy atom. The van der Waals surface area contributed by atoms with E-state index in [9.17, 15) is 0 Å². The van der Waals surface area contributed by atoms with Gasteiger partial charge in [0.05, 0.1) is 19.7 Å². The summed E-state index contributed by atoms with van der Waals surface area (Å²) in [6.45, 7) is 8.60. The number of aryl methyl sites for hydroxylation is 1. The molecule has 2 heterocycles. The Hall–Kier alpha value is -2.12. The first-order chi connectivity index (χ1) is 13.7. The number of thiazole rings is 1. The van der Waals surface area contributed by atoms with Gasteiger partial charge in [-0.1, -0.05) is 18.2 Å². The molecule has 0 amide bonds. The van der Waals surface area contributed by atoms with Crippen molar-refractivity contribution in [2.45, 2.75) is 39.3 Å². The molecule has 2 N–H and O–H groups in total. The lowest BCUT2D eigenvalue weighted by Gasteiger charge is -2.30. The molecule has 6 nitrogen and oxygen atoms in total. The molecule has 1 atom stereocenters. The molecule has 1 saturated heterocycles. The van der Waals surface area contributed by atoms with E-state index in [1.807, 2.05) is 18.3 Å².